The summed E-state index contributed by atoms with van der Waals surface area (Å²) in [6, 6.07) is 17.0. The van der Waals surface area contributed by atoms with E-state index in [1.807, 2.05) is 24.3 Å². The molecule has 6 nitrogen and oxygen atoms in total. The number of rotatable bonds is 3. The van der Waals surface area contributed by atoms with Crippen molar-refractivity contribution in [3.8, 4) is 6.07 Å². The van der Waals surface area contributed by atoms with E-state index in [4.69, 9.17) is 5.26 Å². The Morgan fingerprint density at radius 2 is 1.88 bits per heavy atom. The molecule has 1 aliphatic heterocycles. The number of anilines is 3. The largest absolute Gasteiger partial charge is 0.339 e. The Balaban J connectivity index is 1.49. The average Bonchev–Trinajstić information content (AvgIpc) is 3.13. The molecule has 1 N–H and O–H groups in total. The van der Waals surface area contributed by atoms with E-state index in [1.165, 1.54) is 18.0 Å². The van der Waals surface area contributed by atoms with Gasteiger partial charge in [-0.1, -0.05) is 18.2 Å². The highest BCUT2D eigenvalue weighted by Crippen LogP contribution is 2.28. The first-order chi connectivity index (χ1) is 12.7. The van der Waals surface area contributed by atoms with Crippen molar-refractivity contribution in [1.29, 1.82) is 5.26 Å². The number of nitriles is 1. The van der Waals surface area contributed by atoms with Crippen LogP contribution < -0.4 is 10.2 Å². The Bertz CT molecular complexity index is 990. The number of para-hydroxylation sites is 1. The molecule has 1 aromatic heterocycles. The number of aromatic nitrogens is 2. The minimum Gasteiger partial charge on any atom is -0.339 e. The molecule has 1 amide bonds. The van der Waals surface area contributed by atoms with Crippen molar-refractivity contribution in [2.75, 3.05) is 16.8 Å². The Kier molecular flexibility index (Phi) is 4.04. The maximum atomic E-state index is 12.7. The Labute approximate surface area is 150 Å². The predicted molar refractivity (Wildman–Crippen MR) is 98.3 cm³/mol. The lowest BCUT2D eigenvalue weighted by atomic mass is 10.2. The standard InChI is InChI=1S/C20H15N5O/c21-11-14-5-7-16(8-6-14)24-19-13-22-17(12-23-19)20(26)25-10-9-15-3-1-2-4-18(15)25/h1-8,12-13H,9-10H2,(H,23,24). The van der Waals surface area contributed by atoms with Gasteiger partial charge in [0, 0.05) is 17.9 Å². The van der Waals surface area contributed by atoms with Crippen LogP contribution in [-0.4, -0.2) is 22.4 Å². The van der Waals surface area contributed by atoms with E-state index in [0.717, 1.165) is 17.8 Å². The topological polar surface area (TPSA) is 81.9 Å². The summed E-state index contributed by atoms with van der Waals surface area (Å²) < 4.78 is 0. The zero-order chi connectivity index (χ0) is 17.9. The third-order valence-corrected chi connectivity index (χ3v) is 4.29. The number of carbonyl (C=O) groups is 1. The van der Waals surface area contributed by atoms with Crippen molar-refractivity contribution in [3.63, 3.8) is 0 Å². The van der Waals surface area contributed by atoms with Crippen molar-refractivity contribution in [2.24, 2.45) is 0 Å². The molecule has 0 radical (unpaired) electrons. The zero-order valence-electron chi connectivity index (χ0n) is 13.9. The fourth-order valence-electron chi connectivity index (χ4n) is 2.97. The van der Waals surface area contributed by atoms with Crippen LogP contribution in [0, 0.1) is 11.3 Å². The van der Waals surface area contributed by atoms with Crippen molar-refractivity contribution < 1.29 is 4.79 Å². The maximum absolute atomic E-state index is 12.7. The second-order valence-electron chi connectivity index (χ2n) is 5.94. The van der Waals surface area contributed by atoms with E-state index in [0.29, 0.717) is 23.6 Å². The van der Waals surface area contributed by atoms with E-state index < -0.39 is 0 Å². The van der Waals surface area contributed by atoms with Gasteiger partial charge in [-0.3, -0.25) is 4.79 Å². The highest BCUT2D eigenvalue weighted by molar-refractivity contribution is 6.05. The zero-order valence-corrected chi connectivity index (χ0v) is 13.9. The summed E-state index contributed by atoms with van der Waals surface area (Å²) >= 11 is 0. The lowest BCUT2D eigenvalue weighted by Crippen LogP contribution is -2.29. The van der Waals surface area contributed by atoms with Crippen molar-refractivity contribution in [1.82, 2.24) is 9.97 Å². The maximum Gasteiger partial charge on any atom is 0.278 e. The number of carbonyl (C=O) groups excluding carboxylic acids is 1. The third kappa shape index (κ3) is 2.98. The van der Waals surface area contributed by atoms with Crippen LogP contribution in [0.1, 0.15) is 21.6 Å². The van der Waals surface area contributed by atoms with Gasteiger partial charge in [0.05, 0.1) is 24.0 Å². The van der Waals surface area contributed by atoms with Gasteiger partial charge in [-0.05, 0) is 42.3 Å². The number of nitrogens with zero attached hydrogens (tertiary/aromatic N) is 4. The highest BCUT2D eigenvalue weighted by Gasteiger charge is 2.26. The van der Waals surface area contributed by atoms with Gasteiger partial charge in [-0.15, -0.1) is 0 Å². The first-order valence-corrected chi connectivity index (χ1v) is 8.23. The number of fused-ring (bicyclic) bond motifs is 1. The van der Waals surface area contributed by atoms with Gasteiger partial charge < -0.3 is 10.2 Å². The monoisotopic (exact) mass is 341 g/mol. The molecule has 2 aromatic carbocycles. The second-order valence-corrected chi connectivity index (χ2v) is 5.94. The van der Waals surface area contributed by atoms with Crippen molar-refractivity contribution >= 4 is 23.1 Å². The fraction of sp³-hybridized carbons (Fsp3) is 0.100. The summed E-state index contributed by atoms with van der Waals surface area (Å²) in [5, 5.41) is 11.9. The molecule has 4 rings (SSSR count). The molecule has 0 fully saturated rings. The lowest BCUT2D eigenvalue weighted by Gasteiger charge is -2.16. The molecule has 1 aliphatic rings. The van der Waals surface area contributed by atoms with Gasteiger partial charge in [0.25, 0.3) is 5.91 Å². The Morgan fingerprint density at radius 3 is 2.62 bits per heavy atom. The van der Waals surface area contributed by atoms with Crippen LogP contribution in [0.4, 0.5) is 17.2 Å². The molecule has 2 heterocycles. The van der Waals surface area contributed by atoms with Crippen molar-refractivity contribution in [2.45, 2.75) is 6.42 Å². The molecule has 3 aromatic rings. The van der Waals surface area contributed by atoms with E-state index in [-0.39, 0.29) is 5.91 Å². The van der Waals surface area contributed by atoms with Gasteiger partial charge >= 0.3 is 0 Å². The molecule has 126 valence electrons. The number of hydrogen-bond donors (Lipinski definition) is 1. The second kappa shape index (κ2) is 6.65. The molecule has 0 bridgehead atoms. The van der Waals surface area contributed by atoms with E-state index in [9.17, 15) is 4.79 Å². The van der Waals surface area contributed by atoms with Gasteiger partial charge in [0.1, 0.15) is 11.5 Å². The molecular weight excluding hydrogens is 326 g/mol. The van der Waals surface area contributed by atoms with E-state index >= 15 is 0 Å². The van der Waals surface area contributed by atoms with Crippen LogP contribution in [0.15, 0.2) is 60.9 Å². The van der Waals surface area contributed by atoms with Gasteiger partial charge in [-0.25, -0.2) is 9.97 Å². The minimum atomic E-state index is -0.146. The van der Waals surface area contributed by atoms with Crippen LogP contribution >= 0.6 is 0 Å². The molecular formula is C20H15N5O. The van der Waals surface area contributed by atoms with Crippen LogP contribution in [0.5, 0.6) is 0 Å². The normalized spacial score (nSPS) is 12.3. The number of benzene rings is 2. The molecule has 0 saturated heterocycles. The van der Waals surface area contributed by atoms with E-state index in [1.54, 1.807) is 29.2 Å². The minimum absolute atomic E-state index is 0.146. The predicted octanol–water partition coefficient (Wildman–Crippen LogP) is 3.29. The lowest BCUT2D eigenvalue weighted by molar-refractivity contribution is 0.0984. The molecule has 0 aliphatic carbocycles. The van der Waals surface area contributed by atoms with Crippen LogP contribution in [0.2, 0.25) is 0 Å². The van der Waals surface area contributed by atoms with Gasteiger partial charge in [0.15, 0.2) is 0 Å². The fourth-order valence-corrected chi connectivity index (χ4v) is 2.97. The Morgan fingerprint density at radius 1 is 1.08 bits per heavy atom. The van der Waals surface area contributed by atoms with E-state index in [2.05, 4.69) is 21.4 Å². The molecule has 0 spiro atoms. The SMILES string of the molecule is N#Cc1ccc(Nc2cnc(C(=O)N3CCc4ccccc43)cn2)cc1. The molecule has 0 atom stereocenters. The molecule has 26 heavy (non-hydrogen) atoms. The smallest absolute Gasteiger partial charge is 0.278 e. The summed E-state index contributed by atoms with van der Waals surface area (Å²) in [6.45, 7) is 0.658. The molecule has 0 saturated carbocycles. The van der Waals surface area contributed by atoms with Gasteiger partial charge in [0.2, 0.25) is 0 Å². The van der Waals surface area contributed by atoms with Crippen LogP contribution in [-0.2, 0) is 6.42 Å². The first kappa shape index (κ1) is 15.8. The summed E-state index contributed by atoms with van der Waals surface area (Å²) in [5.41, 5.74) is 3.82. The highest BCUT2D eigenvalue weighted by atomic mass is 16.2. The first-order valence-electron chi connectivity index (χ1n) is 8.23. The number of hydrogen-bond acceptors (Lipinski definition) is 5. The molecule has 6 heteroatoms. The summed E-state index contributed by atoms with van der Waals surface area (Å²) in [5.74, 6) is 0.389. The third-order valence-electron chi connectivity index (χ3n) is 4.29. The van der Waals surface area contributed by atoms with Crippen molar-refractivity contribution in [3.05, 3.63) is 77.7 Å². The Hall–Kier alpha value is -3.72. The summed E-state index contributed by atoms with van der Waals surface area (Å²) in [7, 11) is 0. The summed E-state index contributed by atoms with van der Waals surface area (Å²) in [6.07, 6.45) is 3.87. The molecule has 0 unspecified atom stereocenters. The summed E-state index contributed by atoms with van der Waals surface area (Å²) in [4.78, 5) is 23.0. The number of nitrogens with one attached hydrogen (secondary N) is 1. The van der Waals surface area contributed by atoms with Crippen LogP contribution in [0.3, 0.4) is 0 Å². The number of amides is 1. The van der Waals surface area contributed by atoms with Crippen LogP contribution in [0.25, 0.3) is 0 Å². The van der Waals surface area contributed by atoms with Gasteiger partial charge in [-0.2, -0.15) is 5.26 Å². The average molecular weight is 341 g/mol. The quantitative estimate of drug-likeness (QED) is 0.790.